The van der Waals surface area contributed by atoms with Crippen LogP contribution < -0.4 is 14.8 Å². The number of rotatable bonds is 5. The third-order valence-electron chi connectivity index (χ3n) is 3.16. The number of alkyl halides is 2. The highest BCUT2D eigenvalue weighted by atomic mass is 35.5. The molecule has 0 aliphatic rings. The van der Waals surface area contributed by atoms with Gasteiger partial charge in [0.2, 0.25) is 0 Å². The molecule has 0 atom stereocenters. The lowest BCUT2D eigenvalue weighted by Crippen LogP contribution is -2.13. The summed E-state index contributed by atoms with van der Waals surface area (Å²) in [5.74, 6) is -0.518. The van der Waals surface area contributed by atoms with Crippen molar-refractivity contribution in [1.82, 2.24) is 0 Å². The molecule has 1 N–H and O–H groups in total. The number of hydrogen-bond donors (Lipinski definition) is 1. The molecule has 7 heteroatoms. The van der Waals surface area contributed by atoms with Gasteiger partial charge in [0.1, 0.15) is 0 Å². The molecular weight excluding hydrogens is 328 g/mol. The minimum absolute atomic E-state index is 0.0424. The normalized spacial score (nSPS) is 10.5. The van der Waals surface area contributed by atoms with Crippen LogP contribution in [0.1, 0.15) is 15.9 Å². The minimum atomic E-state index is -2.97. The van der Waals surface area contributed by atoms with E-state index in [4.69, 9.17) is 16.3 Å². The second-order valence-electron chi connectivity index (χ2n) is 4.61. The largest absolute Gasteiger partial charge is 0.493 e. The number of methoxy groups -OCH3 is 1. The van der Waals surface area contributed by atoms with E-state index in [9.17, 15) is 13.6 Å². The highest BCUT2D eigenvalue weighted by molar-refractivity contribution is 6.31. The van der Waals surface area contributed by atoms with Gasteiger partial charge in [-0.2, -0.15) is 8.78 Å². The predicted molar refractivity (Wildman–Crippen MR) is 83.8 cm³/mol. The van der Waals surface area contributed by atoms with E-state index >= 15 is 0 Å². The van der Waals surface area contributed by atoms with Crippen molar-refractivity contribution in [2.24, 2.45) is 0 Å². The van der Waals surface area contributed by atoms with Crippen LogP contribution in [-0.2, 0) is 0 Å². The van der Waals surface area contributed by atoms with Gasteiger partial charge in [0, 0.05) is 16.3 Å². The molecule has 0 fully saturated rings. The number of halogens is 3. The van der Waals surface area contributed by atoms with Crippen LogP contribution in [0.25, 0.3) is 0 Å². The Hall–Kier alpha value is -2.34. The molecule has 0 saturated heterocycles. The summed E-state index contributed by atoms with van der Waals surface area (Å²) in [6, 6.07) is 9.09. The minimum Gasteiger partial charge on any atom is -0.493 e. The van der Waals surface area contributed by atoms with Crippen molar-refractivity contribution in [3.63, 3.8) is 0 Å². The van der Waals surface area contributed by atoms with E-state index in [1.807, 2.05) is 0 Å². The average molecular weight is 342 g/mol. The summed E-state index contributed by atoms with van der Waals surface area (Å²) in [6.07, 6.45) is 0. The Morgan fingerprint density at radius 1 is 1.22 bits per heavy atom. The number of amides is 1. The molecule has 1 amide bonds. The molecule has 0 radical (unpaired) electrons. The highest BCUT2D eigenvalue weighted by Gasteiger charge is 2.15. The SMILES string of the molecule is COc1cc(C(=O)Nc2cccc(Cl)c2C)ccc1OC(F)F. The Labute approximate surface area is 137 Å². The van der Waals surface area contributed by atoms with E-state index in [2.05, 4.69) is 10.1 Å². The number of ether oxygens (including phenoxy) is 2. The maximum Gasteiger partial charge on any atom is 0.387 e. The second-order valence-corrected chi connectivity index (χ2v) is 5.02. The van der Waals surface area contributed by atoms with Gasteiger partial charge in [-0.1, -0.05) is 17.7 Å². The van der Waals surface area contributed by atoms with Gasteiger partial charge in [0.05, 0.1) is 7.11 Å². The Bertz CT molecular complexity index is 722. The molecule has 0 heterocycles. The first-order valence-electron chi connectivity index (χ1n) is 6.61. The Morgan fingerprint density at radius 2 is 1.96 bits per heavy atom. The molecule has 2 aromatic carbocycles. The van der Waals surface area contributed by atoms with Gasteiger partial charge < -0.3 is 14.8 Å². The maximum atomic E-state index is 12.3. The zero-order valence-electron chi connectivity index (χ0n) is 12.4. The summed E-state index contributed by atoms with van der Waals surface area (Å²) in [5.41, 5.74) is 1.53. The molecule has 0 bridgehead atoms. The van der Waals surface area contributed by atoms with Crippen LogP contribution in [0.15, 0.2) is 36.4 Å². The van der Waals surface area contributed by atoms with Gasteiger partial charge in [0.15, 0.2) is 11.5 Å². The van der Waals surface area contributed by atoms with Gasteiger partial charge in [0.25, 0.3) is 5.91 Å². The average Bonchev–Trinajstić information content (AvgIpc) is 2.51. The molecule has 0 aliphatic carbocycles. The first-order chi connectivity index (χ1) is 10.9. The Balaban J connectivity index is 2.24. The fourth-order valence-corrected chi connectivity index (χ4v) is 2.11. The topological polar surface area (TPSA) is 47.6 Å². The number of carbonyl (C=O) groups is 1. The van der Waals surface area contributed by atoms with Gasteiger partial charge >= 0.3 is 6.61 Å². The zero-order valence-corrected chi connectivity index (χ0v) is 13.2. The maximum absolute atomic E-state index is 12.3. The molecule has 2 rings (SSSR count). The number of carbonyl (C=O) groups excluding carboxylic acids is 1. The number of anilines is 1. The molecule has 0 saturated carbocycles. The van der Waals surface area contributed by atoms with E-state index < -0.39 is 12.5 Å². The number of benzene rings is 2. The molecule has 2 aromatic rings. The first-order valence-corrected chi connectivity index (χ1v) is 6.99. The van der Waals surface area contributed by atoms with E-state index in [0.29, 0.717) is 10.7 Å². The van der Waals surface area contributed by atoms with Crippen molar-refractivity contribution >= 4 is 23.2 Å². The van der Waals surface area contributed by atoms with Crippen LogP contribution in [-0.4, -0.2) is 19.6 Å². The molecule has 4 nitrogen and oxygen atoms in total. The first kappa shape index (κ1) is 17.0. The highest BCUT2D eigenvalue weighted by Crippen LogP contribution is 2.30. The molecule has 122 valence electrons. The van der Waals surface area contributed by atoms with E-state index in [1.165, 1.54) is 25.3 Å². The summed E-state index contributed by atoms with van der Waals surface area (Å²) in [7, 11) is 1.30. The van der Waals surface area contributed by atoms with E-state index in [0.717, 1.165) is 5.56 Å². The van der Waals surface area contributed by atoms with Crippen molar-refractivity contribution in [3.8, 4) is 11.5 Å². The van der Waals surface area contributed by atoms with Crippen molar-refractivity contribution in [3.05, 3.63) is 52.5 Å². The van der Waals surface area contributed by atoms with E-state index in [1.54, 1.807) is 25.1 Å². The molecule has 0 aromatic heterocycles. The number of hydrogen-bond acceptors (Lipinski definition) is 3. The summed E-state index contributed by atoms with van der Waals surface area (Å²) < 4.78 is 33.9. The quantitative estimate of drug-likeness (QED) is 0.870. The summed E-state index contributed by atoms with van der Waals surface area (Å²) >= 11 is 6.00. The van der Waals surface area contributed by atoms with Crippen LogP contribution >= 0.6 is 11.6 Å². The van der Waals surface area contributed by atoms with Gasteiger partial charge in [-0.3, -0.25) is 4.79 Å². The molecule has 0 unspecified atom stereocenters. The lowest BCUT2D eigenvalue weighted by atomic mass is 10.1. The van der Waals surface area contributed by atoms with Crippen molar-refractivity contribution in [1.29, 1.82) is 0 Å². The van der Waals surface area contributed by atoms with Crippen LogP contribution in [0.3, 0.4) is 0 Å². The van der Waals surface area contributed by atoms with Crippen molar-refractivity contribution in [2.45, 2.75) is 13.5 Å². The van der Waals surface area contributed by atoms with Crippen molar-refractivity contribution in [2.75, 3.05) is 12.4 Å². The fourth-order valence-electron chi connectivity index (χ4n) is 1.94. The molecule has 0 aliphatic heterocycles. The van der Waals surface area contributed by atoms with Crippen LogP contribution in [0, 0.1) is 6.92 Å². The third-order valence-corrected chi connectivity index (χ3v) is 3.57. The van der Waals surface area contributed by atoms with E-state index in [-0.39, 0.29) is 17.1 Å². The summed E-state index contributed by atoms with van der Waals surface area (Å²) in [6.45, 7) is -1.20. The monoisotopic (exact) mass is 341 g/mol. The van der Waals surface area contributed by atoms with Crippen molar-refractivity contribution < 1.29 is 23.0 Å². The second kappa shape index (κ2) is 7.28. The van der Waals surface area contributed by atoms with Gasteiger partial charge in [-0.25, -0.2) is 0 Å². The van der Waals surface area contributed by atoms with Crippen LogP contribution in [0.5, 0.6) is 11.5 Å². The Kier molecular flexibility index (Phi) is 5.39. The molecule has 23 heavy (non-hydrogen) atoms. The smallest absolute Gasteiger partial charge is 0.387 e. The molecular formula is C16H14ClF2NO3. The van der Waals surface area contributed by atoms with Crippen LogP contribution in [0.2, 0.25) is 5.02 Å². The van der Waals surface area contributed by atoms with Gasteiger partial charge in [-0.15, -0.1) is 0 Å². The van der Waals surface area contributed by atoms with Crippen LogP contribution in [0.4, 0.5) is 14.5 Å². The predicted octanol–water partition coefficient (Wildman–Crippen LogP) is 4.51. The summed E-state index contributed by atoms with van der Waals surface area (Å²) in [5, 5.41) is 3.24. The lowest BCUT2D eigenvalue weighted by Gasteiger charge is -2.12. The van der Waals surface area contributed by atoms with Gasteiger partial charge in [-0.05, 0) is 42.8 Å². The number of nitrogens with one attached hydrogen (secondary N) is 1. The standard InChI is InChI=1S/C16H14ClF2NO3/c1-9-11(17)4-3-5-12(9)20-15(21)10-6-7-13(23-16(18)19)14(8-10)22-2/h3-8,16H,1-2H3,(H,20,21). The molecule has 0 spiro atoms. The lowest BCUT2D eigenvalue weighted by molar-refractivity contribution is -0.0512. The fraction of sp³-hybridized carbons (Fsp3) is 0.188. The third kappa shape index (κ3) is 4.10. The summed E-state index contributed by atoms with van der Waals surface area (Å²) in [4.78, 5) is 12.3. The zero-order chi connectivity index (χ0) is 17.0. The Morgan fingerprint density at radius 3 is 2.61 bits per heavy atom.